The van der Waals surface area contributed by atoms with Crippen molar-refractivity contribution < 1.29 is 24.0 Å². The van der Waals surface area contributed by atoms with Crippen LogP contribution < -0.4 is 5.32 Å². The molecule has 0 radical (unpaired) electrons. The number of hydrogen-bond acceptors (Lipinski definition) is 6. The molecule has 1 aromatic heterocycles. The van der Waals surface area contributed by atoms with Crippen molar-refractivity contribution in [2.45, 2.75) is 45.8 Å². The Labute approximate surface area is 141 Å². The Bertz CT molecular complexity index is 571. The van der Waals surface area contributed by atoms with Crippen molar-refractivity contribution in [1.29, 1.82) is 0 Å². The molecule has 8 nitrogen and oxygen atoms in total. The number of carbonyl (C=O) groups excluding carboxylic acids is 2. The number of carbonyl (C=O) groups is 2. The Morgan fingerprint density at radius 1 is 1.42 bits per heavy atom. The molecule has 2 N–H and O–H groups in total. The van der Waals surface area contributed by atoms with E-state index in [-0.39, 0.29) is 30.1 Å². The van der Waals surface area contributed by atoms with Crippen molar-refractivity contribution in [2.24, 2.45) is 5.92 Å². The SMILES string of the molecule is CC(C)(C)OC(=O)N1CCC(CNC(=O)c2cc(CO)on2)CC1. The first-order valence-corrected chi connectivity index (χ1v) is 8.11. The summed E-state index contributed by atoms with van der Waals surface area (Å²) < 4.78 is 10.1. The number of hydrogen-bond donors (Lipinski definition) is 2. The molecule has 0 saturated carbocycles. The van der Waals surface area contributed by atoms with Gasteiger partial charge in [0.15, 0.2) is 11.5 Å². The maximum Gasteiger partial charge on any atom is 0.410 e. The fourth-order valence-corrected chi connectivity index (χ4v) is 2.47. The molecule has 2 amide bonds. The number of amides is 2. The monoisotopic (exact) mass is 339 g/mol. The van der Waals surface area contributed by atoms with Crippen molar-refractivity contribution in [3.05, 3.63) is 17.5 Å². The summed E-state index contributed by atoms with van der Waals surface area (Å²) in [5.74, 6) is 0.232. The third-order valence-corrected chi connectivity index (χ3v) is 3.76. The summed E-state index contributed by atoms with van der Waals surface area (Å²) in [6, 6.07) is 1.42. The number of likely N-dealkylation sites (tertiary alicyclic amines) is 1. The van der Waals surface area contributed by atoms with E-state index < -0.39 is 5.60 Å². The van der Waals surface area contributed by atoms with Gasteiger partial charge in [-0.1, -0.05) is 5.16 Å². The number of aromatic nitrogens is 1. The van der Waals surface area contributed by atoms with E-state index in [0.29, 0.717) is 25.6 Å². The molecule has 1 aromatic rings. The van der Waals surface area contributed by atoms with Gasteiger partial charge >= 0.3 is 6.09 Å². The van der Waals surface area contributed by atoms with E-state index in [9.17, 15) is 9.59 Å². The highest BCUT2D eigenvalue weighted by Gasteiger charge is 2.27. The minimum atomic E-state index is -0.493. The van der Waals surface area contributed by atoms with Crippen LogP contribution >= 0.6 is 0 Å². The fraction of sp³-hybridized carbons (Fsp3) is 0.688. The van der Waals surface area contributed by atoms with E-state index in [4.69, 9.17) is 14.4 Å². The first kappa shape index (κ1) is 18.3. The highest BCUT2D eigenvalue weighted by atomic mass is 16.6. The first-order valence-electron chi connectivity index (χ1n) is 8.11. The molecule has 0 aromatic carbocycles. The third-order valence-electron chi connectivity index (χ3n) is 3.76. The van der Waals surface area contributed by atoms with Gasteiger partial charge in [0.25, 0.3) is 5.91 Å². The predicted molar refractivity (Wildman–Crippen MR) is 85.3 cm³/mol. The molecule has 0 aliphatic carbocycles. The van der Waals surface area contributed by atoms with Crippen molar-refractivity contribution in [2.75, 3.05) is 19.6 Å². The van der Waals surface area contributed by atoms with Gasteiger partial charge in [-0.15, -0.1) is 0 Å². The van der Waals surface area contributed by atoms with Crippen LogP contribution in [0.5, 0.6) is 0 Å². The average Bonchev–Trinajstić information content (AvgIpc) is 3.00. The second-order valence-corrected chi connectivity index (χ2v) is 6.96. The molecule has 1 aliphatic heterocycles. The molecule has 0 bridgehead atoms. The maximum absolute atomic E-state index is 12.0. The Hall–Kier alpha value is -2.09. The summed E-state index contributed by atoms with van der Waals surface area (Å²) in [6.07, 6.45) is 1.32. The van der Waals surface area contributed by atoms with Crippen LogP contribution in [-0.4, -0.2) is 52.4 Å². The molecule has 1 fully saturated rings. The molecule has 24 heavy (non-hydrogen) atoms. The van der Waals surface area contributed by atoms with Gasteiger partial charge < -0.3 is 24.6 Å². The fourth-order valence-electron chi connectivity index (χ4n) is 2.47. The molecule has 2 rings (SSSR count). The molecule has 1 saturated heterocycles. The Balaban J connectivity index is 1.73. The van der Waals surface area contributed by atoms with Crippen LogP contribution in [0.3, 0.4) is 0 Å². The second kappa shape index (κ2) is 7.65. The summed E-state index contributed by atoms with van der Waals surface area (Å²) in [4.78, 5) is 25.6. The van der Waals surface area contributed by atoms with Crippen LogP contribution in [0.15, 0.2) is 10.6 Å². The van der Waals surface area contributed by atoms with Crippen molar-refractivity contribution >= 4 is 12.0 Å². The lowest BCUT2D eigenvalue weighted by molar-refractivity contribution is 0.0183. The largest absolute Gasteiger partial charge is 0.444 e. The van der Waals surface area contributed by atoms with Gasteiger partial charge in [-0.05, 0) is 39.5 Å². The zero-order valence-electron chi connectivity index (χ0n) is 14.4. The smallest absolute Gasteiger partial charge is 0.410 e. The second-order valence-electron chi connectivity index (χ2n) is 6.96. The van der Waals surface area contributed by atoms with Crippen molar-refractivity contribution in [1.82, 2.24) is 15.4 Å². The van der Waals surface area contributed by atoms with E-state index in [2.05, 4.69) is 10.5 Å². The van der Waals surface area contributed by atoms with Crippen LogP contribution in [0, 0.1) is 5.92 Å². The normalized spacial score (nSPS) is 16.1. The average molecular weight is 339 g/mol. The van der Waals surface area contributed by atoms with E-state index >= 15 is 0 Å². The first-order chi connectivity index (χ1) is 11.3. The van der Waals surface area contributed by atoms with Gasteiger partial charge in [0, 0.05) is 25.7 Å². The number of nitrogens with zero attached hydrogens (tertiary/aromatic N) is 2. The number of aliphatic hydroxyl groups excluding tert-OH is 1. The lowest BCUT2D eigenvalue weighted by atomic mass is 9.97. The summed E-state index contributed by atoms with van der Waals surface area (Å²) >= 11 is 0. The number of piperidine rings is 1. The highest BCUT2D eigenvalue weighted by molar-refractivity contribution is 5.92. The quantitative estimate of drug-likeness (QED) is 0.862. The van der Waals surface area contributed by atoms with Crippen molar-refractivity contribution in [3.63, 3.8) is 0 Å². The van der Waals surface area contributed by atoms with Crippen LogP contribution in [-0.2, 0) is 11.3 Å². The van der Waals surface area contributed by atoms with E-state index in [1.807, 2.05) is 20.8 Å². The van der Waals surface area contributed by atoms with Gasteiger partial charge in [-0.3, -0.25) is 4.79 Å². The molecule has 0 atom stereocenters. The molecule has 0 unspecified atom stereocenters. The van der Waals surface area contributed by atoms with Gasteiger partial charge in [0.2, 0.25) is 0 Å². The predicted octanol–water partition coefficient (Wildman–Crippen LogP) is 1.54. The molecular weight excluding hydrogens is 314 g/mol. The van der Waals surface area contributed by atoms with Crippen LogP contribution in [0.1, 0.15) is 49.9 Å². The molecular formula is C16H25N3O5. The van der Waals surface area contributed by atoms with Crippen LogP contribution in [0.2, 0.25) is 0 Å². The summed E-state index contributed by atoms with van der Waals surface area (Å²) in [7, 11) is 0. The van der Waals surface area contributed by atoms with Crippen molar-refractivity contribution in [3.8, 4) is 0 Å². The summed E-state index contributed by atoms with van der Waals surface area (Å²) in [5.41, 5.74) is -0.336. The third kappa shape index (κ3) is 5.23. The number of aliphatic hydroxyl groups is 1. The minimum absolute atomic E-state index is 0.158. The van der Waals surface area contributed by atoms with Crippen LogP contribution in [0.25, 0.3) is 0 Å². The lowest BCUT2D eigenvalue weighted by Gasteiger charge is -2.33. The maximum atomic E-state index is 12.0. The van der Waals surface area contributed by atoms with Gasteiger partial charge in [0.05, 0.1) is 0 Å². The van der Waals surface area contributed by atoms with E-state index in [1.165, 1.54) is 6.07 Å². The van der Waals surface area contributed by atoms with Gasteiger partial charge in [-0.2, -0.15) is 0 Å². The Morgan fingerprint density at radius 3 is 2.62 bits per heavy atom. The minimum Gasteiger partial charge on any atom is -0.444 e. The molecule has 0 spiro atoms. The Kier molecular flexibility index (Phi) is 5.82. The van der Waals surface area contributed by atoms with Gasteiger partial charge in [0.1, 0.15) is 12.2 Å². The van der Waals surface area contributed by atoms with E-state index in [1.54, 1.807) is 4.90 Å². The molecule has 1 aliphatic rings. The standard InChI is InChI=1S/C16H25N3O5/c1-16(2,3)23-15(22)19-6-4-11(5-7-19)9-17-14(21)13-8-12(10-20)24-18-13/h8,11,20H,4-7,9-10H2,1-3H3,(H,17,21). The zero-order chi connectivity index (χ0) is 17.7. The highest BCUT2D eigenvalue weighted by Crippen LogP contribution is 2.19. The van der Waals surface area contributed by atoms with Crippen LogP contribution in [0.4, 0.5) is 4.79 Å². The molecule has 2 heterocycles. The summed E-state index contributed by atoms with van der Waals surface area (Å²) in [6.45, 7) is 7.01. The number of nitrogens with one attached hydrogen (secondary N) is 1. The Morgan fingerprint density at radius 2 is 2.08 bits per heavy atom. The molecule has 134 valence electrons. The van der Waals surface area contributed by atoms with Gasteiger partial charge in [-0.25, -0.2) is 4.79 Å². The van der Waals surface area contributed by atoms with E-state index in [0.717, 1.165) is 12.8 Å². The topological polar surface area (TPSA) is 105 Å². The molecule has 8 heteroatoms. The zero-order valence-corrected chi connectivity index (χ0v) is 14.4. The summed E-state index contributed by atoms with van der Waals surface area (Å²) in [5, 5.41) is 15.3. The lowest BCUT2D eigenvalue weighted by Crippen LogP contribution is -2.43. The number of rotatable bonds is 4. The number of ether oxygens (including phenoxy) is 1.